The van der Waals surface area contributed by atoms with Gasteiger partial charge in [-0.25, -0.2) is 0 Å². The number of hydrogen-bond donors (Lipinski definition) is 2. The van der Waals surface area contributed by atoms with E-state index in [0.29, 0.717) is 12.4 Å². The minimum absolute atomic E-state index is 0.458. The summed E-state index contributed by atoms with van der Waals surface area (Å²) in [6, 6.07) is 0. The molecule has 0 aromatic carbocycles. The van der Waals surface area contributed by atoms with Crippen molar-refractivity contribution in [3.05, 3.63) is 0 Å². The quantitative estimate of drug-likeness (QED) is 0.434. The van der Waals surface area contributed by atoms with Crippen molar-refractivity contribution in [1.82, 2.24) is 5.32 Å². The van der Waals surface area contributed by atoms with Gasteiger partial charge in [-0.1, -0.05) is 0 Å². The molecule has 0 bridgehead atoms. The van der Waals surface area contributed by atoms with Crippen LogP contribution in [-0.2, 0) is 4.74 Å². The fourth-order valence-corrected chi connectivity index (χ4v) is 0.499. The summed E-state index contributed by atoms with van der Waals surface area (Å²) >= 11 is 0. The molecule has 0 saturated carbocycles. The molecule has 2 N–H and O–H groups in total. The topological polar surface area (TPSA) is 45.1 Å². The van der Waals surface area contributed by atoms with Crippen LogP contribution in [0.3, 0.4) is 0 Å². The van der Waals surface area contributed by atoms with Gasteiger partial charge in [-0.2, -0.15) is 0 Å². The fraction of sp³-hybridized carbons (Fsp3) is 0.750. The minimum atomic E-state index is 0.458. The van der Waals surface area contributed by atoms with Gasteiger partial charge in [-0.15, -0.1) is 0 Å². The molecule has 3 nitrogen and oxygen atoms in total. The fourth-order valence-electron chi connectivity index (χ4n) is 0.499. The van der Waals surface area contributed by atoms with E-state index in [4.69, 9.17) is 10.1 Å². The Morgan fingerprint density at radius 2 is 2.57 bits per heavy atom. The summed E-state index contributed by atoms with van der Waals surface area (Å²) in [6.45, 7) is 1.99. The van der Waals surface area contributed by atoms with Crippen molar-refractivity contribution in [3.8, 4) is 0 Å². The van der Waals surface area contributed by atoms with Crippen LogP contribution in [0.2, 0.25) is 0 Å². The maximum Gasteiger partial charge on any atom is 0.120 e. The molecule has 1 fully saturated rings. The summed E-state index contributed by atoms with van der Waals surface area (Å²) in [5.41, 5.74) is 0. The smallest absolute Gasteiger partial charge is 0.120 e. The lowest BCUT2D eigenvalue weighted by Crippen LogP contribution is -2.35. The highest BCUT2D eigenvalue weighted by molar-refractivity contribution is 5.80. The van der Waals surface area contributed by atoms with Gasteiger partial charge >= 0.3 is 0 Å². The average Bonchev–Trinajstić information content (AvgIpc) is 1.69. The van der Waals surface area contributed by atoms with Crippen LogP contribution in [-0.4, -0.2) is 25.6 Å². The Kier molecular flexibility index (Phi) is 1.26. The maximum absolute atomic E-state index is 6.95. The van der Waals surface area contributed by atoms with Crippen molar-refractivity contribution in [2.24, 2.45) is 0 Å². The average molecular weight is 100 g/mol. The summed E-state index contributed by atoms with van der Waals surface area (Å²) in [5.74, 6) is 0.492. The second kappa shape index (κ2) is 1.93. The largest absolute Gasteiger partial charge is 0.372 e. The molecule has 0 aromatic rings. The van der Waals surface area contributed by atoms with Crippen LogP contribution in [0, 0.1) is 5.41 Å². The Hall–Kier alpha value is -0.570. The van der Waals surface area contributed by atoms with Gasteiger partial charge in [-0.05, 0) is 0 Å². The van der Waals surface area contributed by atoms with Crippen molar-refractivity contribution in [2.75, 3.05) is 19.8 Å². The van der Waals surface area contributed by atoms with Crippen molar-refractivity contribution in [1.29, 1.82) is 5.41 Å². The van der Waals surface area contributed by atoms with E-state index in [1.165, 1.54) is 0 Å². The number of nitrogens with one attached hydrogen (secondary N) is 2. The van der Waals surface area contributed by atoms with E-state index in [1.807, 2.05) is 0 Å². The predicted molar refractivity (Wildman–Crippen MR) is 26.5 cm³/mol. The van der Waals surface area contributed by atoms with Crippen LogP contribution in [0.15, 0.2) is 0 Å². The Morgan fingerprint density at radius 3 is 2.86 bits per heavy atom. The number of morpholine rings is 1. The monoisotopic (exact) mass is 100 g/mol. The molecular weight excluding hydrogens is 92.1 g/mol. The molecule has 0 spiro atoms. The Bertz CT molecular complexity index is 73.8. The van der Waals surface area contributed by atoms with Crippen LogP contribution in [0.25, 0.3) is 0 Å². The molecule has 1 saturated heterocycles. The molecule has 40 valence electrons. The molecule has 0 atom stereocenters. The SMILES string of the molecule is N=C1COCCN1. The molecule has 7 heavy (non-hydrogen) atoms. The third-order valence-electron chi connectivity index (χ3n) is 0.831. The molecule has 1 heterocycles. The maximum atomic E-state index is 6.95. The molecule has 0 amide bonds. The van der Waals surface area contributed by atoms with Crippen molar-refractivity contribution in [2.45, 2.75) is 0 Å². The predicted octanol–water partition coefficient (Wildman–Crippen LogP) is -0.417. The first-order valence-electron chi connectivity index (χ1n) is 2.28. The second-order valence-corrected chi connectivity index (χ2v) is 1.46. The van der Waals surface area contributed by atoms with Crippen LogP contribution in [0.5, 0.6) is 0 Å². The van der Waals surface area contributed by atoms with Crippen LogP contribution in [0.4, 0.5) is 0 Å². The van der Waals surface area contributed by atoms with E-state index in [0.717, 1.165) is 13.2 Å². The van der Waals surface area contributed by atoms with Gasteiger partial charge in [-0.3, -0.25) is 5.41 Å². The van der Waals surface area contributed by atoms with Gasteiger partial charge in [0.25, 0.3) is 0 Å². The Labute approximate surface area is 42.2 Å². The van der Waals surface area contributed by atoms with Gasteiger partial charge in [0.15, 0.2) is 0 Å². The number of rotatable bonds is 0. The van der Waals surface area contributed by atoms with Gasteiger partial charge in [0.1, 0.15) is 12.4 Å². The highest BCUT2D eigenvalue weighted by Gasteiger charge is 2.00. The van der Waals surface area contributed by atoms with E-state index in [-0.39, 0.29) is 0 Å². The van der Waals surface area contributed by atoms with E-state index >= 15 is 0 Å². The normalized spacial score (nSPS) is 21.4. The van der Waals surface area contributed by atoms with Crippen LogP contribution in [0.1, 0.15) is 0 Å². The molecule has 1 aliphatic heterocycles. The van der Waals surface area contributed by atoms with Gasteiger partial charge < -0.3 is 10.1 Å². The van der Waals surface area contributed by atoms with Gasteiger partial charge in [0, 0.05) is 6.54 Å². The first-order valence-corrected chi connectivity index (χ1v) is 2.28. The zero-order chi connectivity index (χ0) is 5.11. The summed E-state index contributed by atoms with van der Waals surface area (Å²) < 4.78 is 4.89. The van der Waals surface area contributed by atoms with E-state index in [1.54, 1.807) is 0 Å². The van der Waals surface area contributed by atoms with Crippen molar-refractivity contribution >= 4 is 5.84 Å². The lowest BCUT2D eigenvalue weighted by molar-refractivity contribution is 0.158. The highest BCUT2D eigenvalue weighted by Crippen LogP contribution is 1.80. The van der Waals surface area contributed by atoms with Gasteiger partial charge in [0.05, 0.1) is 6.61 Å². The molecule has 0 radical (unpaired) electrons. The number of ether oxygens (including phenoxy) is 1. The first kappa shape index (κ1) is 4.59. The van der Waals surface area contributed by atoms with E-state index in [9.17, 15) is 0 Å². The third-order valence-corrected chi connectivity index (χ3v) is 0.831. The van der Waals surface area contributed by atoms with Crippen LogP contribution >= 0.6 is 0 Å². The Balaban J connectivity index is 2.25. The summed E-state index contributed by atoms with van der Waals surface area (Å²) in [7, 11) is 0. The zero-order valence-corrected chi connectivity index (χ0v) is 4.03. The molecule has 0 aliphatic carbocycles. The molecular formula is C4H8N2O. The van der Waals surface area contributed by atoms with Crippen molar-refractivity contribution in [3.63, 3.8) is 0 Å². The molecule has 1 rings (SSSR count). The van der Waals surface area contributed by atoms with Crippen molar-refractivity contribution < 1.29 is 4.74 Å². The molecule has 3 heteroatoms. The minimum Gasteiger partial charge on any atom is -0.372 e. The Morgan fingerprint density at radius 1 is 1.71 bits per heavy atom. The summed E-state index contributed by atoms with van der Waals surface area (Å²) in [4.78, 5) is 0. The molecule has 1 aliphatic rings. The second-order valence-electron chi connectivity index (χ2n) is 1.46. The van der Waals surface area contributed by atoms with Gasteiger partial charge in [0.2, 0.25) is 0 Å². The number of amidine groups is 1. The lowest BCUT2D eigenvalue weighted by atomic mass is 10.5. The summed E-state index contributed by atoms with van der Waals surface area (Å²) in [5, 5.41) is 9.79. The third kappa shape index (κ3) is 1.16. The van der Waals surface area contributed by atoms with E-state index < -0.39 is 0 Å². The highest BCUT2D eigenvalue weighted by atomic mass is 16.5. The summed E-state index contributed by atoms with van der Waals surface area (Å²) in [6.07, 6.45) is 0. The lowest BCUT2D eigenvalue weighted by Gasteiger charge is -2.13. The zero-order valence-electron chi connectivity index (χ0n) is 4.03. The van der Waals surface area contributed by atoms with Crippen LogP contribution < -0.4 is 5.32 Å². The van der Waals surface area contributed by atoms with E-state index in [2.05, 4.69) is 5.32 Å². The standard InChI is InChI=1S/C4H8N2O/c5-4-3-7-2-1-6-4/h1-3H2,(H2,5,6). The molecule has 0 unspecified atom stereocenters. The number of hydrogen-bond acceptors (Lipinski definition) is 2. The first-order chi connectivity index (χ1) is 3.39. The molecule has 0 aromatic heterocycles.